The van der Waals surface area contributed by atoms with Gasteiger partial charge in [-0.1, -0.05) is 109 Å². The monoisotopic (exact) mass is 581 g/mol. The molecule has 1 N–H and O–H groups in total. The summed E-state index contributed by atoms with van der Waals surface area (Å²) in [5.74, 6) is 0. The Bertz CT molecular complexity index is 2320. The van der Waals surface area contributed by atoms with Gasteiger partial charge in [-0.3, -0.25) is 0 Å². The molecule has 0 fully saturated rings. The molecule has 6 aromatic carbocycles. The summed E-state index contributed by atoms with van der Waals surface area (Å²) >= 11 is 1.83. The molecule has 3 nitrogen and oxygen atoms in total. The van der Waals surface area contributed by atoms with Crippen molar-refractivity contribution in [1.29, 1.82) is 0 Å². The average Bonchev–Trinajstić information content (AvgIpc) is 3.68. The van der Waals surface area contributed by atoms with Crippen LogP contribution in [0.25, 0.3) is 53.5 Å². The summed E-state index contributed by atoms with van der Waals surface area (Å²) in [7, 11) is 0. The summed E-state index contributed by atoms with van der Waals surface area (Å²) in [6, 6.07) is 54.2. The third-order valence-corrected chi connectivity index (χ3v) is 9.84. The van der Waals surface area contributed by atoms with Crippen LogP contribution in [0.2, 0.25) is 0 Å². The smallest absolute Gasteiger partial charge is 0.130 e. The van der Waals surface area contributed by atoms with Crippen LogP contribution in [0, 0.1) is 0 Å². The summed E-state index contributed by atoms with van der Waals surface area (Å²) in [6.45, 7) is 0. The van der Waals surface area contributed by atoms with E-state index in [0.717, 1.165) is 28.1 Å². The zero-order valence-electron chi connectivity index (χ0n) is 23.8. The van der Waals surface area contributed by atoms with Crippen molar-refractivity contribution < 1.29 is 0 Å². The van der Waals surface area contributed by atoms with Crippen LogP contribution in [0.3, 0.4) is 0 Å². The van der Waals surface area contributed by atoms with E-state index in [2.05, 4.69) is 162 Å². The first-order chi connectivity index (χ1) is 21.8. The van der Waals surface area contributed by atoms with E-state index in [1.54, 1.807) is 0 Å². The zero-order valence-corrected chi connectivity index (χ0v) is 24.6. The molecule has 2 aromatic heterocycles. The maximum absolute atomic E-state index is 5.23. The fourth-order valence-corrected chi connectivity index (χ4v) is 7.83. The van der Waals surface area contributed by atoms with E-state index in [9.17, 15) is 0 Å². The molecule has 0 saturated heterocycles. The van der Waals surface area contributed by atoms with Gasteiger partial charge < -0.3 is 10.2 Å². The average molecular weight is 582 g/mol. The van der Waals surface area contributed by atoms with E-state index >= 15 is 0 Å². The molecule has 4 heteroatoms. The van der Waals surface area contributed by atoms with Gasteiger partial charge in [0.25, 0.3) is 0 Å². The Morgan fingerprint density at radius 3 is 2.20 bits per heavy atom. The molecule has 1 aliphatic rings. The van der Waals surface area contributed by atoms with Crippen molar-refractivity contribution in [3.8, 4) is 22.4 Å². The minimum Gasteiger partial charge on any atom is -0.359 e. The summed E-state index contributed by atoms with van der Waals surface area (Å²) in [5, 5.41) is 7.53. The first kappa shape index (κ1) is 25.1. The first-order valence-corrected chi connectivity index (χ1v) is 15.7. The molecule has 0 saturated carbocycles. The topological polar surface area (TPSA) is 28.2 Å². The Balaban J connectivity index is 1.13. The fourth-order valence-electron chi connectivity index (χ4n) is 6.60. The molecular formula is C40H27N3S. The lowest BCUT2D eigenvalue weighted by molar-refractivity contribution is 0.828. The minimum atomic E-state index is 0.0328. The fraction of sp³-hybridized carbons (Fsp3) is 0.0250. The van der Waals surface area contributed by atoms with Gasteiger partial charge in [0.05, 0.1) is 27.3 Å². The minimum absolute atomic E-state index is 0.0328. The third-order valence-electron chi connectivity index (χ3n) is 8.66. The lowest BCUT2D eigenvalue weighted by atomic mass is 9.99. The first-order valence-electron chi connectivity index (χ1n) is 14.9. The van der Waals surface area contributed by atoms with Gasteiger partial charge in [-0.2, -0.15) is 0 Å². The molecular weight excluding hydrogens is 555 g/mol. The Labute approximate surface area is 259 Å². The standard InChI is InChI=1S/C40H27N3S/c1-2-11-27(12-3-1)40-42-34-18-7-8-19-35(34)43(40)30-23-21-26(22-24-30)28-13-10-14-29(25-28)38-39-37(31-15-4-6-17-33(31)41-38)32-16-5-9-20-36(32)44-39/h1-25,40,42H. The zero-order chi connectivity index (χ0) is 29.0. The molecule has 3 heterocycles. The lowest BCUT2D eigenvalue weighted by Crippen LogP contribution is -2.23. The molecule has 44 heavy (non-hydrogen) atoms. The number of hydrogen-bond donors (Lipinski definition) is 1. The van der Waals surface area contributed by atoms with Gasteiger partial charge in [-0.25, -0.2) is 4.98 Å². The number of pyridine rings is 1. The second kappa shape index (κ2) is 10.1. The molecule has 0 radical (unpaired) electrons. The molecule has 1 aliphatic heterocycles. The van der Waals surface area contributed by atoms with Gasteiger partial charge in [0.2, 0.25) is 0 Å². The normalized spacial score (nSPS) is 14.3. The van der Waals surface area contributed by atoms with Gasteiger partial charge in [-0.05, 0) is 59.2 Å². The number of nitrogens with zero attached hydrogens (tertiary/aromatic N) is 2. The number of fused-ring (bicyclic) bond motifs is 6. The number of benzene rings is 6. The summed E-state index contributed by atoms with van der Waals surface area (Å²) < 4.78 is 2.53. The predicted molar refractivity (Wildman–Crippen MR) is 187 cm³/mol. The second-order valence-corrected chi connectivity index (χ2v) is 12.3. The SMILES string of the molecule is c1ccc(C2Nc3ccccc3N2c2ccc(-c3cccc(-c4nc5ccccc5c5c4sc4ccccc45)c3)cc2)cc1. The van der Waals surface area contributed by atoms with Crippen molar-refractivity contribution in [2.45, 2.75) is 6.17 Å². The Morgan fingerprint density at radius 1 is 0.591 bits per heavy atom. The van der Waals surface area contributed by atoms with Crippen LogP contribution in [0.5, 0.6) is 0 Å². The van der Waals surface area contributed by atoms with E-state index in [-0.39, 0.29) is 6.17 Å². The number of nitrogens with one attached hydrogen (secondary N) is 1. The number of thiophene rings is 1. The number of anilines is 3. The number of hydrogen-bond acceptors (Lipinski definition) is 4. The van der Waals surface area contributed by atoms with Crippen LogP contribution in [0.15, 0.2) is 152 Å². The van der Waals surface area contributed by atoms with Crippen molar-refractivity contribution >= 4 is 59.5 Å². The molecule has 1 unspecified atom stereocenters. The van der Waals surface area contributed by atoms with Crippen molar-refractivity contribution in [1.82, 2.24) is 4.98 Å². The lowest BCUT2D eigenvalue weighted by Gasteiger charge is -2.27. The van der Waals surface area contributed by atoms with Gasteiger partial charge >= 0.3 is 0 Å². The predicted octanol–water partition coefficient (Wildman–Crippen LogP) is 11.2. The highest BCUT2D eigenvalue weighted by molar-refractivity contribution is 7.26. The van der Waals surface area contributed by atoms with Crippen LogP contribution in [-0.4, -0.2) is 4.98 Å². The van der Waals surface area contributed by atoms with Crippen LogP contribution in [0.4, 0.5) is 17.1 Å². The molecule has 8 aromatic rings. The summed E-state index contributed by atoms with van der Waals surface area (Å²) in [4.78, 5) is 7.62. The van der Waals surface area contributed by atoms with E-state index in [1.807, 2.05) is 11.3 Å². The third kappa shape index (κ3) is 3.99. The maximum Gasteiger partial charge on any atom is 0.130 e. The van der Waals surface area contributed by atoms with E-state index in [1.165, 1.54) is 47.9 Å². The van der Waals surface area contributed by atoms with Crippen molar-refractivity contribution in [3.05, 3.63) is 157 Å². The largest absolute Gasteiger partial charge is 0.359 e. The van der Waals surface area contributed by atoms with Gasteiger partial charge in [-0.15, -0.1) is 11.3 Å². The second-order valence-electron chi connectivity index (χ2n) is 11.3. The van der Waals surface area contributed by atoms with E-state index in [4.69, 9.17) is 4.98 Å². The Hall–Kier alpha value is -5.45. The quantitative estimate of drug-likeness (QED) is 0.224. The highest BCUT2D eigenvalue weighted by Crippen LogP contribution is 2.46. The molecule has 0 aliphatic carbocycles. The number of aromatic nitrogens is 1. The summed E-state index contributed by atoms with van der Waals surface area (Å²) in [5.41, 5.74) is 10.3. The van der Waals surface area contributed by atoms with Crippen molar-refractivity contribution in [3.63, 3.8) is 0 Å². The van der Waals surface area contributed by atoms with Crippen LogP contribution in [0.1, 0.15) is 11.7 Å². The molecule has 0 bridgehead atoms. The Morgan fingerprint density at radius 2 is 1.32 bits per heavy atom. The van der Waals surface area contributed by atoms with Crippen molar-refractivity contribution in [2.24, 2.45) is 0 Å². The van der Waals surface area contributed by atoms with Gasteiger partial charge in [0.1, 0.15) is 6.17 Å². The van der Waals surface area contributed by atoms with E-state index < -0.39 is 0 Å². The van der Waals surface area contributed by atoms with Crippen LogP contribution in [-0.2, 0) is 0 Å². The molecule has 208 valence electrons. The molecule has 0 spiro atoms. The maximum atomic E-state index is 5.23. The van der Waals surface area contributed by atoms with Gasteiger partial charge in [0.15, 0.2) is 0 Å². The highest BCUT2D eigenvalue weighted by Gasteiger charge is 2.30. The number of rotatable bonds is 4. The molecule has 9 rings (SSSR count). The summed E-state index contributed by atoms with van der Waals surface area (Å²) in [6.07, 6.45) is 0.0328. The van der Waals surface area contributed by atoms with Gasteiger partial charge in [0, 0.05) is 32.1 Å². The van der Waals surface area contributed by atoms with Crippen molar-refractivity contribution in [2.75, 3.05) is 10.2 Å². The molecule has 1 atom stereocenters. The highest BCUT2D eigenvalue weighted by atomic mass is 32.1. The molecule has 0 amide bonds. The van der Waals surface area contributed by atoms with Crippen LogP contribution >= 0.6 is 11.3 Å². The van der Waals surface area contributed by atoms with Crippen LogP contribution < -0.4 is 10.2 Å². The van der Waals surface area contributed by atoms with E-state index in [0.29, 0.717) is 0 Å². The number of para-hydroxylation sites is 3. The Kier molecular flexibility index (Phi) is 5.75.